The van der Waals surface area contributed by atoms with Crippen LogP contribution >= 0.6 is 0 Å². The van der Waals surface area contributed by atoms with Crippen molar-refractivity contribution in [3.8, 4) is 11.5 Å². The second-order valence-electron chi connectivity index (χ2n) is 9.92. The lowest BCUT2D eigenvalue weighted by Gasteiger charge is -2.22. The van der Waals surface area contributed by atoms with Gasteiger partial charge in [-0.2, -0.15) is 0 Å². The molecular weight excluding hydrogens is 536 g/mol. The molecule has 11 nitrogen and oxygen atoms in total. The highest BCUT2D eigenvalue weighted by Crippen LogP contribution is 2.32. The number of aryl methyl sites for hydroxylation is 1. The Morgan fingerprint density at radius 3 is 2.57 bits per heavy atom. The third-order valence-electron chi connectivity index (χ3n) is 6.80. The number of benzene rings is 3. The fourth-order valence-electron chi connectivity index (χ4n) is 4.56. The average molecular weight is 573 g/mol. The zero-order chi connectivity index (χ0) is 30.2. The lowest BCUT2D eigenvalue weighted by atomic mass is 10.1. The largest absolute Gasteiger partial charge is 0.495 e. The van der Waals surface area contributed by atoms with E-state index in [1.165, 1.54) is 12.0 Å². The van der Waals surface area contributed by atoms with Gasteiger partial charge in [0.05, 0.1) is 42.7 Å². The number of amides is 3. The Morgan fingerprint density at radius 1 is 1.02 bits per heavy atom. The van der Waals surface area contributed by atoms with Gasteiger partial charge in [-0.15, -0.1) is 0 Å². The second-order valence-corrected chi connectivity index (χ2v) is 9.92. The minimum absolute atomic E-state index is 0.224. The molecule has 6 N–H and O–H groups in total. The van der Waals surface area contributed by atoms with Gasteiger partial charge in [0.25, 0.3) is 11.8 Å². The van der Waals surface area contributed by atoms with Gasteiger partial charge in [0, 0.05) is 19.0 Å². The van der Waals surface area contributed by atoms with E-state index in [9.17, 15) is 14.4 Å². The first-order valence-electron chi connectivity index (χ1n) is 13.7. The topological polar surface area (TPSA) is 166 Å². The molecule has 0 aliphatic rings. The standard InChI is InChI=1S/C31H36N6O5/c1-19-11-14-24(26(16-19)42-15-6-4-5-10-27(33)38)37(2)31(40)20-12-13-22(25(17-20)41-3)35-30(39)21-8-7-9-23-29(21)36-28(18-32)34-23/h7-9,11-14,16-17H,4-6,10,15,18,32H2,1-3H3,(H2,33,38)(H,34,36)(H,35,39). The van der Waals surface area contributed by atoms with Crippen LogP contribution in [-0.4, -0.2) is 48.5 Å². The first kappa shape index (κ1) is 30.1. The summed E-state index contributed by atoms with van der Waals surface area (Å²) in [7, 11) is 3.15. The minimum atomic E-state index is -0.374. The van der Waals surface area contributed by atoms with Crippen LogP contribution in [0.2, 0.25) is 0 Å². The van der Waals surface area contributed by atoms with Crippen LogP contribution in [0.4, 0.5) is 11.4 Å². The number of methoxy groups -OCH3 is 1. The number of nitrogens with zero attached hydrogens (tertiary/aromatic N) is 2. The van der Waals surface area contributed by atoms with Gasteiger partial charge in [-0.3, -0.25) is 14.4 Å². The maximum absolute atomic E-state index is 13.5. The van der Waals surface area contributed by atoms with Gasteiger partial charge in [0.1, 0.15) is 22.8 Å². The Bertz CT molecular complexity index is 1600. The number of nitrogens with one attached hydrogen (secondary N) is 2. The van der Waals surface area contributed by atoms with E-state index in [4.69, 9.17) is 20.9 Å². The van der Waals surface area contributed by atoms with Crippen LogP contribution in [0.1, 0.15) is 57.8 Å². The molecule has 0 saturated carbocycles. The smallest absolute Gasteiger partial charge is 0.258 e. The number of aromatic nitrogens is 2. The molecule has 1 heterocycles. The molecule has 0 atom stereocenters. The quantitative estimate of drug-likeness (QED) is 0.173. The van der Waals surface area contributed by atoms with Crippen molar-refractivity contribution in [1.29, 1.82) is 0 Å². The normalized spacial score (nSPS) is 10.9. The van der Waals surface area contributed by atoms with E-state index in [1.807, 2.05) is 31.2 Å². The van der Waals surface area contributed by atoms with Gasteiger partial charge in [0.2, 0.25) is 5.91 Å². The molecule has 11 heteroatoms. The zero-order valence-electron chi connectivity index (χ0n) is 24.0. The van der Waals surface area contributed by atoms with Gasteiger partial charge in [-0.25, -0.2) is 4.98 Å². The van der Waals surface area contributed by atoms with Gasteiger partial charge in [-0.05, 0) is 74.2 Å². The number of imidazole rings is 1. The van der Waals surface area contributed by atoms with Crippen LogP contribution < -0.4 is 31.2 Å². The third kappa shape index (κ3) is 7.05. The molecule has 3 aromatic carbocycles. The van der Waals surface area contributed by atoms with Crippen LogP contribution in [0.15, 0.2) is 54.6 Å². The number of anilines is 2. The number of carbonyl (C=O) groups is 3. The van der Waals surface area contributed by atoms with Crippen LogP contribution in [-0.2, 0) is 11.3 Å². The molecule has 0 unspecified atom stereocenters. The monoisotopic (exact) mass is 572 g/mol. The zero-order valence-corrected chi connectivity index (χ0v) is 24.0. The Kier molecular flexibility index (Phi) is 9.77. The van der Waals surface area contributed by atoms with Crippen LogP contribution in [0.3, 0.4) is 0 Å². The number of H-pyrrole nitrogens is 1. The highest BCUT2D eigenvalue weighted by Gasteiger charge is 2.21. The number of unbranched alkanes of at least 4 members (excludes halogenated alkanes) is 2. The van der Waals surface area contributed by atoms with Gasteiger partial charge in [0.15, 0.2) is 0 Å². The van der Waals surface area contributed by atoms with Crippen molar-refractivity contribution in [2.45, 2.75) is 39.2 Å². The summed E-state index contributed by atoms with van der Waals surface area (Å²) in [5, 5.41) is 2.86. The molecular formula is C31H36N6O5. The molecule has 3 amide bonds. The van der Waals surface area contributed by atoms with E-state index in [0.29, 0.717) is 70.3 Å². The van der Waals surface area contributed by atoms with E-state index in [2.05, 4.69) is 15.3 Å². The fraction of sp³-hybridized carbons (Fsp3) is 0.290. The van der Waals surface area contributed by atoms with Crippen molar-refractivity contribution in [3.05, 3.63) is 77.1 Å². The number of hydrogen-bond donors (Lipinski definition) is 4. The molecule has 1 aromatic heterocycles. The first-order chi connectivity index (χ1) is 20.2. The van der Waals surface area contributed by atoms with Crippen molar-refractivity contribution in [2.75, 3.05) is 31.0 Å². The van der Waals surface area contributed by atoms with Gasteiger partial charge in [-0.1, -0.05) is 12.1 Å². The number of ether oxygens (including phenoxy) is 2. The van der Waals surface area contributed by atoms with Crippen LogP contribution in [0.25, 0.3) is 11.0 Å². The summed E-state index contributed by atoms with van der Waals surface area (Å²) in [5.74, 6) is 0.533. The molecule has 4 rings (SSSR count). The lowest BCUT2D eigenvalue weighted by molar-refractivity contribution is -0.118. The highest BCUT2D eigenvalue weighted by molar-refractivity contribution is 6.12. The van der Waals surface area contributed by atoms with E-state index >= 15 is 0 Å². The number of rotatable bonds is 13. The van der Waals surface area contributed by atoms with Crippen molar-refractivity contribution in [2.24, 2.45) is 11.5 Å². The molecule has 0 fully saturated rings. The highest BCUT2D eigenvalue weighted by atomic mass is 16.5. The minimum Gasteiger partial charge on any atom is -0.495 e. The maximum atomic E-state index is 13.5. The number of fused-ring (bicyclic) bond motifs is 1. The predicted octanol–water partition coefficient (Wildman–Crippen LogP) is 4.29. The molecule has 220 valence electrons. The Balaban J connectivity index is 1.49. The number of primary amides is 1. The predicted molar refractivity (Wildman–Crippen MR) is 162 cm³/mol. The van der Waals surface area contributed by atoms with E-state index < -0.39 is 0 Å². The third-order valence-corrected chi connectivity index (χ3v) is 6.80. The number of para-hydroxylation sites is 1. The van der Waals surface area contributed by atoms with Gasteiger partial charge < -0.3 is 36.1 Å². The molecule has 0 radical (unpaired) electrons. The molecule has 0 aliphatic heterocycles. The number of hydrogen-bond acceptors (Lipinski definition) is 7. The van der Waals surface area contributed by atoms with Crippen LogP contribution in [0, 0.1) is 6.92 Å². The number of nitrogens with two attached hydrogens (primary N) is 2. The summed E-state index contributed by atoms with van der Waals surface area (Å²) in [6, 6.07) is 15.8. The average Bonchev–Trinajstić information content (AvgIpc) is 3.42. The molecule has 4 aromatic rings. The Morgan fingerprint density at radius 2 is 1.83 bits per heavy atom. The molecule has 0 spiro atoms. The van der Waals surface area contributed by atoms with E-state index in [-0.39, 0.29) is 24.3 Å². The van der Waals surface area contributed by atoms with Crippen molar-refractivity contribution in [1.82, 2.24) is 9.97 Å². The van der Waals surface area contributed by atoms with E-state index in [1.54, 1.807) is 37.4 Å². The van der Waals surface area contributed by atoms with E-state index in [0.717, 1.165) is 18.4 Å². The van der Waals surface area contributed by atoms with Crippen molar-refractivity contribution >= 4 is 40.1 Å². The SMILES string of the molecule is COc1cc(C(=O)N(C)c2ccc(C)cc2OCCCCCC(N)=O)ccc1NC(=O)c1cccc2[nH]c(CN)nc12. The number of carbonyl (C=O) groups excluding carboxylic acids is 3. The summed E-state index contributed by atoms with van der Waals surface area (Å²) in [4.78, 5) is 46.7. The summed E-state index contributed by atoms with van der Waals surface area (Å²) >= 11 is 0. The summed E-state index contributed by atoms with van der Waals surface area (Å²) in [5.41, 5.74) is 14.9. The number of aromatic amines is 1. The summed E-state index contributed by atoms with van der Waals surface area (Å²) < 4.78 is 11.6. The summed E-state index contributed by atoms with van der Waals surface area (Å²) in [6.45, 7) is 2.62. The maximum Gasteiger partial charge on any atom is 0.258 e. The van der Waals surface area contributed by atoms with Crippen molar-refractivity contribution < 1.29 is 23.9 Å². The molecule has 0 bridgehead atoms. The summed E-state index contributed by atoms with van der Waals surface area (Å²) in [6.07, 6.45) is 2.64. The molecule has 0 saturated heterocycles. The molecule has 0 aliphatic carbocycles. The van der Waals surface area contributed by atoms with Gasteiger partial charge >= 0.3 is 0 Å². The fourth-order valence-corrected chi connectivity index (χ4v) is 4.56. The Hall–Kier alpha value is -4.90. The van der Waals surface area contributed by atoms with Crippen molar-refractivity contribution in [3.63, 3.8) is 0 Å². The Labute approximate surface area is 244 Å². The van der Waals surface area contributed by atoms with Crippen LogP contribution in [0.5, 0.6) is 11.5 Å². The first-order valence-corrected chi connectivity index (χ1v) is 13.7. The molecule has 42 heavy (non-hydrogen) atoms. The second kappa shape index (κ2) is 13.6. The lowest BCUT2D eigenvalue weighted by Crippen LogP contribution is -2.27.